The highest BCUT2D eigenvalue weighted by Crippen LogP contribution is 2.18. The predicted octanol–water partition coefficient (Wildman–Crippen LogP) is 5.78. The molecule has 0 aliphatic rings. The molecule has 2 aromatic rings. The lowest BCUT2D eigenvalue weighted by Gasteiger charge is -2.10. The van der Waals surface area contributed by atoms with E-state index in [2.05, 4.69) is 86.5 Å². The summed E-state index contributed by atoms with van der Waals surface area (Å²) in [6.07, 6.45) is 4.72. The summed E-state index contributed by atoms with van der Waals surface area (Å²) < 4.78 is 1.14. The number of aryl methyl sites for hydroxylation is 1. The Morgan fingerprint density at radius 2 is 1.53 bits per heavy atom. The Morgan fingerprint density at radius 3 is 2.21 bits per heavy atom. The molecular weight excluding hydrogens is 364 g/mol. The Morgan fingerprint density at radius 1 is 0.842 bits per heavy atom. The van der Waals surface area contributed by atoms with Crippen molar-refractivity contribution in [3.63, 3.8) is 0 Å². The monoisotopic (exact) mass is 380 g/mol. The van der Waals surface area contributed by atoms with Crippen molar-refractivity contribution in [3.05, 3.63) is 70.2 Å². The smallest absolute Gasteiger partial charge is 0.0186 e. The minimum Gasteiger partial charge on any atom is -0.0887 e. The number of benzene rings is 2. The molecule has 2 heteroatoms. The summed E-state index contributed by atoms with van der Waals surface area (Å²) in [4.78, 5) is 0.567. The maximum atomic E-state index is 3.79. The maximum absolute atomic E-state index is 3.79. The van der Waals surface area contributed by atoms with Gasteiger partial charge in [-0.25, -0.2) is 0 Å². The van der Waals surface area contributed by atoms with Gasteiger partial charge in [-0.15, -0.1) is 0 Å². The van der Waals surface area contributed by atoms with Crippen LogP contribution in [0.5, 0.6) is 0 Å². The van der Waals surface area contributed by atoms with Gasteiger partial charge in [-0.3, -0.25) is 0 Å². The van der Waals surface area contributed by atoms with Crippen molar-refractivity contribution in [2.45, 2.75) is 30.5 Å². The average Bonchev–Trinajstić information content (AvgIpc) is 2.43. The zero-order valence-corrected chi connectivity index (χ0v) is 14.0. The molecule has 0 aromatic heterocycles. The van der Waals surface area contributed by atoms with Crippen molar-refractivity contribution in [3.8, 4) is 0 Å². The molecule has 0 nitrogen and oxygen atoms in total. The first-order valence-corrected chi connectivity index (χ1v) is 8.37. The third-order valence-electron chi connectivity index (χ3n) is 3.20. The highest BCUT2D eigenvalue weighted by Gasteiger charge is 2.05. The minimum atomic E-state index is 0.567. The fourth-order valence-corrected chi connectivity index (χ4v) is 3.11. The van der Waals surface area contributed by atoms with Crippen molar-refractivity contribution in [2.24, 2.45) is 0 Å². The maximum Gasteiger partial charge on any atom is 0.0186 e. The van der Waals surface area contributed by atoms with Gasteiger partial charge in [-0.05, 0) is 48.9 Å². The molecule has 0 amide bonds. The summed E-state index contributed by atoms with van der Waals surface area (Å²) in [5.41, 5.74) is 2.83. The average molecular weight is 382 g/mol. The number of hydrogen-bond acceptors (Lipinski definition) is 0. The van der Waals surface area contributed by atoms with E-state index in [0.29, 0.717) is 4.83 Å². The summed E-state index contributed by atoms with van der Waals surface area (Å²) >= 11 is 7.26. The number of rotatable bonds is 6. The second-order valence-electron chi connectivity index (χ2n) is 4.81. The van der Waals surface area contributed by atoms with Crippen LogP contribution in [0.15, 0.2) is 59.1 Å². The fraction of sp³-hybridized carbons (Fsp3) is 0.294. The standard InChI is InChI=1S/C17H18Br2/c18-16-11-9-15(10-12-16)13-17(19)8-4-7-14-5-2-1-3-6-14/h1-3,5-6,9-12,17H,4,7-8,13H2. The Kier molecular flexibility index (Phi) is 6.12. The van der Waals surface area contributed by atoms with Gasteiger partial charge in [0.2, 0.25) is 0 Å². The molecule has 0 spiro atoms. The Labute approximate surface area is 132 Å². The van der Waals surface area contributed by atoms with Crippen molar-refractivity contribution in [2.75, 3.05) is 0 Å². The van der Waals surface area contributed by atoms with Crippen LogP contribution in [0.2, 0.25) is 0 Å². The van der Waals surface area contributed by atoms with Crippen LogP contribution < -0.4 is 0 Å². The van der Waals surface area contributed by atoms with Crippen LogP contribution in [0.4, 0.5) is 0 Å². The fourth-order valence-electron chi connectivity index (χ4n) is 2.15. The van der Waals surface area contributed by atoms with Gasteiger partial charge < -0.3 is 0 Å². The number of alkyl halides is 1. The molecule has 0 fully saturated rings. The zero-order valence-electron chi connectivity index (χ0n) is 10.9. The second-order valence-corrected chi connectivity index (χ2v) is 7.02. The van der Waals surface area contributed by atoms with Crippen LogP contribution in [0.3, 0.4) is 0 Å². The van der Waals surface area contributed by atoms with Crippen LogP contribution in [-0.4, -0.2) is 4.83 Å². The summed E-state index contributed by atoms with van der Waals surface area (Å²) in [7, 11) is 0. The molecule has 2 rings (SSSR count). The third-order valence-corrected chi connectivity index (χ3v) is 4.51. The minimum absolute atomic E-state index is 0.567. The van der Waals surface area contributed by atoms with Crippen LogP contribution in [0.1, 0.15) is 24.0 Å². The zero-order chi connectivity index (χ0) is 13.5. The van der Waals surface area contributed by atoms with E-state index in [1.165, 1.54) is 30.4 Å². The van der Waals surface area contributed by atoms with E-state index in [9.17, 15) is 0 Å². The van der Waals surface area contributed by atoms with E-state index < -0.39 is 0 Å². The highest BCUT2D eigenvalue weighted by atomic mass is 79.9. The largest absolute Gasteiger partial charge is 0.0887 e. The molecule has 19 heavy (non-hydrogen) atoms. The number of hydrogen-bond donors (Lipinski definition) is 0. The van der Waals surface area contributed by atoms with Gasteiger partial charge in [0.05, 0.1) is 0 Å². The highest BCUT2D eigenvalue weighted by molar-refractivity contribution is 9.10. The molecule has 0 aliphatic carbocycles. The Hall–Kier alpha value is -0.600. The Bertz CT molecular complexity index is 476. The third kappa shape index (κ3) is 5.50. The molecule has 1 atom stereocenters. The lowest BCUT2D eigenvalue weighted by Crippen LogP contribution is -2.03. The van der Waals surface area contributed by atoms with Crippen molar-refractivity contribution < 1.29 is 0 Å². The van der Waals surface area contributed by atoms with Gasteiger partial charge in [0, 0.05) is 9.30 Å². The molecule has 0 saturated carbocycles. The van der Waals surface area contributed by atoms with Crippen LogP contribution >= 0.6 is 31.9 Å². The molecule has 2 aromatic carbocycles. The van der Waals surface area contributed by atoms with Gasteiger partial charge in [0.15, 0.2) is 0 Å². The molecule has 0 aliphatic heterocycles. The predicted molar refractivity (Wildman–Crippen MR) is 89.9 cm³/mol. The lowest BCUT2D eigenvalue weighted by atomic mass is 10.0. The van der Waals surface area contributed by atoms with Crippen molar-refractivity contribution in [1.29, 1.82) is 0 Å². The first-order chi connectivity index (χ1) is 9.24. The normalized spacial score (nSPS) is 12.3. The Balaban J connectivity index is 1.73. The molecule has 0 bridgehead atoms. The van der Waals surface area contributed by atoms with Gasteiger partial charge in [-0.2, -0.15) is 0 Å². The van der Waals surface area contributed by atoms with Crippen LogP contribution in [-0.2, 0) is 12.8 Å². The quantitative estimate of drug-likeness (QED) is 0.556. The first kappa shape index (κ1) is 14.8. The molecular formula is C17H18Br2. The molecule has 100 valence electrons. The molecule has 0 radical (unpaired) electrons. The molecule has 0 heterocycles. The molecule has 1 unspecified atom stereocenters. The van der Waals surface area contributed by atoms with E-state index in [4.69, 9.17) is 0 Å². The summed E-state index contributed by atoms with van der Waals surface area (Å²) in [6.45, 7) is 0. The van der Waals surface area contributed by atoms with Gasteiger partial charge in [0.25, 0.3) is 0 Å². The summed E-state index contributed by atoms with van der Waals surface area (Å²) in [6, 6.07) is 19.3. The summed E-state index contributed by atoms with van der Waals surface area (Å²) in [5, 5.41) is 0. The van der Waals surface area contributed by atoms with Gasteiger partial charge in [0.1, 0.15) is 0 Å². The van der Waals surface area contributed by atoms with Crippen molar-refractivity contribution >= 4 is 31.9 Å². The van der Waals surface area contributed by atoms with E-state index in [1.807, 2.05) is 0 Å². The van der Waals surface area contributed by atoms with E-state index >= 15 is 0 Å². The van der Waals surface area contributed by atoms with Crippen molar-refractivity contribution in [1.82, 2.24) is 0 Å². The van der Waals surface area contributed by atoms with E-state index in [-0.39, 0.29) is 0 Å². The first-order valence-electron chi connectivity index (χ1n) is 6.66. The van der Waals surface area contributed by atoms with Crippen LogP contribution in [0.25, 0.3) is 0 Å². The SMILES string of the molecule is Brc1ccc(CC(Br)CCCc2ccccc2)cc1. The topological polar surface area (TPSA) is 0 Å². The molecule has 0 saturated heterocycles. The summed E-state index contributed by atoms with van der Waals surface area (Å²) in [5.74, 6) is 0. The van der Waals surface area contributed by atoms with Gasteiger partial charge in [-0.1, -0.05) is 74.3 Å². The number of halogens is 2. The molecule has 0 N–H and O–H groups in total. The van der Waals surface area contributed by atoms with E-state index in [1.54, 1.807) is 0 Å². The lowest BCUT2D eigenvalue weighted by molar-refractivity contribution is 0.700. The van der Waals surface area contributed by atoms with Crippen LogP contribution in [0, 0.1) is 0 Å². The second kappa shape index (κ2) is 7.86. The van der Waals surface area contributed by atoms with Gasteiger partial charge >= 0.3 is 0 Å². The van der Waals surface area contributed by atoms with E-state index in [0.717, 1.165) is 10.9 Å².